The van der Waals surface area contributed by atoms with Crippen molar-refractivity contribution >= 4 is 0 Å². The van der Waals surface area contributed by atoms with Gasteiger partial charge in [-0.25, -0.2) is 9.89 Å². The van der Waals surface area contributed by atoms with Crippen molar-refractivity contribution in [2.24, 2.45) is 0 Å². The molecule has 2 aromatic rings. The summed E-state index contributed by atoms with van der Waals surface area (Å²) < 4.78 is 0. The number of fused-ring (bicyclic) bond motifs is 1. The molecule has 0 spiro atoms. The molecule has 21 heavy (non-hydrogen) atoms. The summed E-state index contributed by atoms with van der Waals surface area (Å²) in [6, 6.07) is 9.01. The van der Waals surface area contributed by atoms with Crippen LogP contribution in [0, 0.1) is 0 Å². The molecule has 1 aromatic carbocycles. The molecule has 3 rings (SSSR count). The molecule has 1 aromatic heterocycles. The van der Waals surface area contributed by atoms with Gasteiger partial charge < -0.3 is 5.32 Å². The molecule has 0 radical (unpaired) electrons. The number of aromatic amines is 2. The second-order valence-electron chi connectivity index (χ2n) is 5.66. The minimum atomic E-state index is -0.257. The Kier molecular flexibility index (Phi) is 4.17. The maximum atomic E-state index is 11.0. The molecule has 0 saturated heterocycles. The normalized spacial score (nSPS) is 16.6. The van der Waals surface area contributed by atoms with E-state index in [2.05, 4.69) is 56.6 Å². The van der Waals surface area contributed by atoms with Crippen LogP contribution in [0.3, 0.4) is 0 Å². The third kappa shape index (κ3) is 3.59. The van der Waals surface area contributed by atoms with Gasteiger partial charge in [0.15, 0.2) is 0 Å². The summed E-state index contributed by atoms with van der Waals surface area (Å²) >= 11 is 0. The topological polar surface area (TPSA) is 76.8 Å². The third-order valence-corrected chi connectivity index (χ3v) is 3.91. The van der Waals surface area contributed by atoms with Gasteiger partial charge in [0.1, 0.15) is 5.82 Å². The number of hydrogen-bond donors (Lipinski definition) is 3. The first-order valence-corrected chi connectivity index (χ1v) is 7.37. The number of benzene rings is 1. The molecule has 1 atom stereocenters. The molecule has 1 aliphatic rings. The van der Waals surface area contributed by atoms with E-state index in [-0.39, 0.29) is 5.69 Å². The highest BCUT2D eigenvalue weighted by Gasteiger charge is 2.17. The lowest BCUT2D eigenvalue weighted by Gasteiger charge is -2.31. The first-order chi connectivity index (χ1) is 10.2. The second kappa shape index (κ2) is 6.24. The van der Waals surface area contributed by atoms with Crippen LogP contribution in [0.15, 0.2) is 29.1 Å². The number of aromatic nitrogens is 3. The Balaban J connectivity index is 1.49. The molecule has 0 bridgehead atoms. The average molecular weight is 287 g/mol. The van der Waals surface area contributed by atoms with Crippen LogP contribution in [0.25, 0.3) is 0 Å². The molecule has 0 amide bonds. The smallest absolute Gasteiger partial charge is 0.306 e. The fraction of sp³-hybridized carbons (Fsp3) is 0.467. The molecule has 6 heteroatoms. The lowest BCUT2D eigenvalue weighted by atomic mass is 10.00. The predicted octanol–water partition coefficient (Wildman–Crippen LogP) is 0.634. The Morgan fingerprint density at radius 2 is 2.19 bits per heavy atom. The largest absolute Gasteiger partial charge is 0.340 e. The van der Waals surface area contributed by atoms with Gasteiger partial charge in [0.2, 0.25) is 0 Å². The maximum Gasteiger partial charge on any atom is 0.340 e. The Hall–Kier alpha value is -1.92. The predicted molar refractivity (Wildman–Crippen MR) is 80.9 cm³/mol. The fourth-order valence-corrected chi connectivity index (χ4v) is 2.82. The van der Waals surface area contributed by atoms with Crippen LogP contribution in [-0.2, 0) is 19.5 Å². The quantitative estimate of drug-likeness (QED) is 0.754. The second-order valence-corrected chi connectivity index (χ2v) is 5.66. The van der Waals surface area contributed by atoms with Crippen LogP contribution in [-0.4, -0.2) is 39.2 Å². The molecule has 112 valence electrons. The van der Waals surface area contributed by atoms with Crippen LogP contribution >= 0.6 is 0 Å². The summed E-state index contributed by atoms with van der Waals surface area (Å²) in [6.45, 7) is 5.84. The van der Waals surface area contributed by atoms with E-state index >= 15 is 0 Å². The van der Waals surface area contributed by atoms with E-state index in [1.165, 1.54) is 11.1 Å². The van der Waals surface area contributed by atoms with Gasteiger partial charge in [0.05, 0.1) is 6.54 Å². The zero-order chi connectivity index (χ0) is 14.7. The zero-order valence-corrected chi connectivity index (χ0v) is 12.2. The maximum absolute atomic E-state index is 11.0. The number of rotatable bonds is 5. The molecule has 1 aliphatic heterocycles. The Labute approximate surface area is 123 Å². The number of nitrogens with one attached hydrogen (secondary N) is 3. The minimum absolute atomic E-state index is 0.257. The van der Waals surface area contributed by atoms with Gasteiger partial charge in [0.25, 0.3) is 0 Å². The minimum Gasteiger partial charge on any atom is -0.306 e. The van der Waals surface area contributed by atoms with Gasteiger partial charge in [-0.2, -0.15) is 5.10 Å². The highest BCUT2D eigenvalue weighted by molar-refractivity contribution is 5.29. The van der Waals surface area contributed by atoms with Crippen molar-refractivity contribution in [3.05, 3.63) is 51.7 Å². The van der Waals surface area contributed by atoms with E-state index in [0.717, 1.165) is 26.1 Å². The summed E-state index contributed by atoms with van der Waals surface area (Å²) in [6.07, 6.45) is 1.12. The molecule has 1 unspecified atom stereocenters. The molecular weight excluding hydrogens is 266 g/mol. The van der Waals surface area contributed by atoms with Crippen molar-refractivity contribution in [2.45, 2.75) is 32.5 Å². The van der Waals surface area contributed by atoms with Gasteiger partial charge in [-0.05, 0) is 24.5 Å². The molecule has 3 N–H and O–H groups in total. The van der Waals surface area contributed by atoms with Gasteiger partial charge in [-0.15, -0.1) is 0 Å². The first-order valence-electron chi connectivity index (χ1n) is 7.37. The number of H-pyrrole nitrogens is 2. The molecule has 6 nitrogen and oxygen atoms in total. The third-order valence-electron chi connectivity index (χ3n) is 3.91. The van der Waals surface area contributed by atoms with Gasteiger partial charge >= 0.3 is 5.69 Å². The number of nitrogens with zero attached hydrogens (tertiary/aromatic N) is 2. The molecule has 0 aliphatic carbocycles. The highest BCUT2D eigenvalue weighted by Crippen LogP contribution is 2.18. The van der Waals surface area contributed by atoms with E-state index < -0.39 is 0 Å². The summed E-state index contributed by atoms with van der Waals surface area (Å²) in [7, 11) is 0. The van der Waals surface area contributed by atoms with Crippen molar-refractivity contribution in [3.63, 3.8) is 0 Å². The van der Waals surface area contributed by atoms with Crippen LogP contribution in [0.1, 0.15) is 23.9 Å². The van der Waals surface area contributed by atoms with E-state index in [1.54, 1.807) is 0 Å². The summed E-state index contributed by atoms with van der Waals surface area (Å²) in [4.78, 5) is 16.1. The SMILES string of the molecule is CC(CN1CCc2ccccc2C1)NCc1n[nH]c(=O)[nH]1. The number of hydrogen-bond acceptors (Lipinski definition) is 4. The van der Waals surface area contributed by atoms with Gasteiger partial charge in [-0.3, -0.25) is 9.88 Å². The summed E-state index contributed by atoms with van der Waals surface area (Å²) in [5.74, 6) is 0.649. The zero-order valence-electron chi connectivity index (χ0n) is 12.2. The van der Waals surface area contributed by atoms with Crippen molar-refractivity contribution in [1.82, 2.24) is 25.4 Å². The Morgan fingerprint density at radius 1 is 1.38 bits per heavy atom. The van der Waals surface area contributed by atoms with E-state index in [0.29, 0.717) is 18.4 Å². The summed E-state index contributed by atoms with van der Waals surface area (Å²) in [5.41, 5.74) is 2.66. The van der Waals surface area contributed by atoms with Crippen LogP contribution in [0.2, 0.25) is 0 Å². The molecule has 2 heterocycles. The standard InChI is InChI=1S/C15H21N5O/c1-11(16-8-14-17-15(21)19-18-14)9-20-7-6-12-4-2-3-5-13(12)10-20/h2-5,11,16H,6-10H2,1H3,(H2,17,18,19,21). The lowest BCUT2D eigenvalue weighted by molar-refractivity contribution is 0.228. The fourth-order valence-electron chi connectivity index (χ4n) is 2.82. The Morgan fingerprint density at radius 3 is 2.95 bits per heavy atom. The first kappa shape index (κ1) is 14.0. The lowest BCUT2D eigenvalue weighted by Crippen LogP contribution is -2.41. The summed E-state index contributed by atoms with van der Waals surface area (Å²) in [5, 5.41) is 9.66. The van der Waals surface area contributed by atoms with Crippen molar-refractivity contribution < 1.29 is 0 Å². The van der Waals surface area contributed by atoms with Crippen molar-refractivity contribution in [1.29, 1.82) is 0 Å². The molecule has 0 saturated carbocycles. The van der Waals surface area contributed by atoms with Crippen molar-refractivity contribution in [2.75, 3.05) is 13.1 Å². The van der Waals surface area contributed by atoms with Crippen molar-refractivity contribution in [3.8, 4) is 0 Å². The van der Waals surface area contributed by atoms with Crippen LogP contribution < -0.4 is 11.0 Å². The average Bonchev–Trinajstić information content (AvgIpc) is 2.91. The van der Waals surface area contributed by atoms with Crippen LogP contribution in [0.4, 0.5) is 0 Å². The molecular formula is C15H21N5O. The van der Waals surface area contributed by atoms with Gasteiger partial charge in [-0.1, -0.05) is 24.3 Å². The van der Waals surface area contributed by atoms with E-state index in [9.17, 15) is 4.79 Å². The van der Waals surface area contributed by atoms with Gasteiger partial charge in [0, 0.05) is 25.7 Å². The highest BCUT2D eigenvalue weighted by atomic mass is 16.1. The Bertz CT molecular complexity index is 647. The molecule has 0 fully saturated rings. The van der Waals surface area contributed by atoms with E-state index in [4.69, 9.17) is 0 Å². The van der Waals surface area contributed by atoms with E-state index in [1.807, 2.05) is 0 Å². The van der Waals surface area contributed by atoms with Crippen LogP contribution in [0.5, 0.6) is 0 Å². The monoisotopic (exact) mass is 287 g/mol.